The molecule has 12 heavy (non-hydrogen) atoms. The predicted molar refractivity (Wildman–Crippen MR) is 51.3 cm³/mol. The number of morpholine rings is 1. The Morgan fingerprint density at radius 3 is 3.00 bits per heavy atom. The summed E-state index contributed by atoms with van der Waals surface area (Å²) < 4.78 is 5.81. The van der Waals surface area contributed by atoms with Gasteiger partial charge in [0.25, 0.3) is 0 Å². The summed E-state index contributed by atoms with van der Waals surface area (Å²) in [5.74, 6) is 0. The van der Waals surface area contributed by atoms with Crippen LogP contribution in [0, 0.1) is 0 Å². The molecule has 2 heteroatoms. The Kier molecular flexibility index (Phi) is 3.76. The van der Waals surface area contributed by atoms with Gasteiger partial charge in [0.05, 0.1) is 12.2 Å². The summed E-state index contributed by atoms with van der Waals surface area (Å²) in [7, 11) is 0. The van der Waals surface area contributed by atoms with E-state index in [1.165, 1.54) is 6.42 Å². The van der Waals surface area contributed by atoms with E-state index in [2.05, 4.69) is 18.8 Å². The SMILES string of the molecule is C=CCC1(CCC)CNCCO1. The van der Waals surface area contributed by atoms with Crippen LogP contribution >= 0.6 is 0 Å². The fraction of sp³-hybridized carbons (Fsp3) is 0.800. The van der Waals surface area contributed by atoms with Crippen LogP contribution in [0.1, 0.15) is 26.2 Å². The molecular formula is C10H19NO. The first-order chi connectivity index (χ1) is 5.83. The molecule has 0 aliphatic carbocycles. The van der Waals surface area contributed by atoms with Crippen molar-refractivity contribution in [3.63, 3.8) is 0 Å². The van der Waals surface area contributed by atoms with E-state index in [0.717, 1.165) is 32.5 Å². The third kappa shape index (κ3) is 2.32. The third-order valence-corrected chi connectivity index (χ3v) is 2.36. The highest BCUT2D eigenvalue weighted by molar-refractivity contribution is 4.91. The number of nitrogens with one attached hydrogen (secondary N) is 1. The molecule has 1 aliphatic heterocycles. The lowest BCUT2D eigenvalue weighted by atomic mass is 9.92. The Bertz CT molecular complexity index is 133. The highest BCUT2D eigenvalue weighted by Crippen LogP contribution is 2.24. The average molecular weight is 169 g/mol. The fourth-order valence-electron chi connectivity index (χ4n) is 1.82. The number of hydrogen-bond donors (Lipinski definition) is 1. The van der Waals surface area contributed by atoms with Gasteiger partial charge in [-0.2, -0.15) is 0 Å². The largest absolute Gasteiger partial charge is 0.372 e. The molecule has 0 aromatic heterocycles. The molecule has 1 aliphatic rings. The standard InChI is InChI=1S/C10H19NO/c1-3-5-10(6-4-2)9-11-7-8-12-10/h3,11H,1,4-9H2,2H3. The van der Waals surface area contributed by atoms with E-state index in [-0.39, 0.29) is 5.60 Å². The van der Waals surface area contributed by atoms with Crippen molar-refractivity contribution in [2.24, 2.45) is 0 Å². The Hall–Kier alpha value is -0.340. The zero-order chi connectivity index (χ0) is 8.86. The van der Waals surface area contributed by atoms with Gasteiger partial charge in [0, 0.05) is 13.1 Å². The number of hydrogen-bond acceptors (Lipinski definition) is 2. The first-order valence-electron chi connectivity index (χ1n) is 4.78. The van der Waals surface area contributed by atoms with Gasteiger partial charge in [0.15, 0.2) is 0 Å². The van der Waals surface area contributed by atoms with Gasteiger partial charge in [0.1, 0.15) is 0 Å². The summed E-state index contributed by atoms with van der Waals surface area (Å²) in [4.78, 5) is 0. The van der Waals surface area contributed by atoms with Gasteiger partial charge in [-0.3, -0.25) is 0 Å². The van der Waals surface area contributed by atoms with Crippen molar-refractivity contribution in [3.05, 3.63) is 12.7 Å². The van der Waals surface area contributed by atoms with E-state index < -0.39 is 0 Å². The van der Waals surface area contributed by atoms with Crippen molar-refractivity contribution < 1.29 is 4.74 Å². The summed E-state index contributed by atoms with van der Waals surface area (Å²) in [6.07, 6.45) is 5.23. The predicted octanol–water partition coefficient (Wildman–Crippen LogP) is 1.72. The molecule has 0 saturated carbocycles. The lowest BCUT2D eigenvalue weighted by molar-refractivity contribution is -0.0692. The third-order valence-electron chi connectivity index (χ3n) is 2.36. The van der Waals surface area contributed by atoms with Gasteiger partial charge in [0.2, 0.25) is 0 Å². The molecule has 1 atom stereocenters. The maximum atomic E-state index is 5.81. The van der Waals surface area contributed by atoms with E-state index in [1.807, 2.05) is 6.08 Å². The molecular weight excluding hydrogens is 150 g/mol. The highest BCUT2D eigenvalue weighted by atomic mass is 16.5. The molecule has 0 spiro atoms. The van der Waals surface area contributed by atoms with E-state index in [4.69, 9.17) is 4.74 Å². The Morgan fingerprint density at radius 1 is 1.67 bits per heavy atom. The van der Waals surface area contributed by atoms with Gasteiger partial charge in [-0.15, -0.1) is 6.58 Å². The average Bonchev–Trinajstić information content (AvgIpc) is 2.07. The molecule has 0 aromatic rings. The lowest BCUT2D eigenvalue weighted by Gasteiger charge is -2.37. The minimum Gasteiger partial charge on any atom is -0.372 e. The Labute approximate surface area is 75.0 Å². The topological polar surface area (TPSA) is 21.3 Å². The molecule has 1 N–H and O–H groups in total. The molecule has 1 rings (SSSR count). The second kappa shape index (κ2) is 4.63. The van der Waals surface area contributed by atoms with Gasteiger partial charge >= 0.3 is 0 Å². The first-order valence-corrected chi connectivity index (χ1v) is 4.78. The zero-order valence-electron chi connectivity index (χ0n) is 7.94. The maximum Gasteiger partial charge on any atom is 0.0840 e. The minimum absolute atomic E-state index is 0.0503. The molecule has 2 nitrogen and oxygen atoms in total. The molecule has 1 fully saturated rings. The van der Waals surface area contributed by atoms with Crippen LogP contribution < -0.4 is 5.32 Å². The first kappa shape index (κ1) is 9.75. The van der Waals surface area contributed by atoms with Gasteiger partial charge < -0.3 is 10.1 Å². The lowest BCUT2D eigenvalue weighted by Crippen LogP contribution is -2.49. The van der Waals surface area contributed by atoms with Gasteiger partial charge in [-0.25, -0.2) is 0 Å². The number of ether oxygens (including phenoxy) is 1. The Balaban J connectivity index is 2.49. The summed E-state index contributed by atoms with van der Waals surface area (Å²) in [6.45, 7) is 8.78. The second-order valence-electron chi connectivity index (χ2n) is 3.45. The molecule has 70 valence electrons. The molecule has 0 radical (unpaired) electrons. The summed E-state index contributed by atoms with van der Waals surface area (Å²) in [6, 6.07) is 0. The van der Waals surface area contributed by atoms with Crippen molar-refractivity contribution in [2.45, 2.75) is 31.8 Å². The number of rotatable bonds is 4. The van der Waals surface area contributed by atoms with E-state index in [0.29, 0.717) is 0 Å². The van der Waals surface area contributed by atoms with Crippen LogP contribution in [0.15, 0.2) is 12.7 Å². The van der Waals surface area contributed by atoms with Crippen molar-refractivity contribution in [1.82, 2.24) is 5.32 Å². The van der Waals surface area contributed by atoms with Crippen molar-refractivity contribution in [1.29, 1.82) is 0 Å². The van der Waals surface area contributed by atoms with Crippen molar-refractivity contribution in [3.8, 4) is 0 Å². The van der Waals surface area contributed by atoms with Crippen LogP contribution in [-0.2, 0) is 4.74 Å². The van der Waals surface area contributed by atoms with Crippen LogP contribution in [0.4, 0.5) is 0 Å². The van der Waals surface area contributed by atoms with Gasteiger partial charge in [-0.05, 0) is 12.8 Å². The molecule has 0 amide bonds. The maximum absolute atomic E-state index is 5.81. The van der Waals surface area contributed by atoms with E-state index in [1.54, 1.807) is 0 Å². The zero-order valence-corrected chi connectivity index (χ0v) is 7.94. The Morgan fingerprint density at radius 2 is 2.50 bits per heavy atom. The molecule has 1 heterocycles. The molecule has 1 saturated heterocycles. The van der Waals surface area contributed by atoms with Crippen LogP contribution in [0.2, 0.25) is 0 Å². The minimum atomic E-state index is 0.0503. The molecule has 1 unspecified atom stereocenters. The smallest absolute Gasteiger partial charge is 0.0840 e. The monoisotopic (exact) mass is 169 g/mol. The molecule has 0 bridgehead atoms. The quantitative estimate of drug-likeness (QED) is 0.647. The molecule has 0 aromatic carbocycles. The van der Waals surface area contributed by atoms with Gasteiger partial charge in [-0.1, -0.05) is 19.4 Å². The normalized spacial score (nSPS) is 30.1. The second-order valence-corrected chi connectivity index (χ2v) is 3.45. The summed E-state index contributed by atoms with van der Waals surface area (Å²) in [5, 5.41) is 3.37. The van der Waals surface area contributed by atoms with Crippen molar-refractivity contribution in [2.75, 3.05) is 19.7 Å². The van der Waals surface area contributed by atoms with Crippen LogP contribution in [-0.4, -0.2) is 25.3 Å². The van der Waals surface area contributed by atoms with Crippen LogP contribution in [0.3, 0.4) is 0 Å². The summed E-state index contributed by atoms with van der Waals surface area (Å²) >= 11 is 0. The fourth-order valence-corrected chi connectivity index (χ4v) is 1.82. The highest BCUT2D eigenvalue weighted by Gasteiger charge is 2.30. The summed E-state index contributed by atoms with van der Waals surface area (Å²) in [5.41, 5.74) is 0.0503. The van der Waals surface area contributed by atoms with Crippen LogP contribution in [0.5, 0.6) is 0 Å². The van der Waals surface area contributed by atoms with E-state index >= 15 is 0 Å². The van der Waals surface area contributed by atoms with E-state index in [9.17, 15) is 0 Å². The van der Waals surface area contributed by atoms with Crippen LogP contribution in [0.25, 0.3) is 0 Å². The van der Waals surface area contributed by atoms with Crippen molar-refractivity contribution >= 4 is 0 Å².